The number of fused-ring (bicyclic) bond motifs is 8. The molecule has 2 aromatic heterocycles. The zero-order chi connectivity index (χ0) is 85.3. The minimum absolute atomic E-state index is 0. The molecule has 2 saturated carbocycles. The molecule has 2 N–H and O–H groups in total. The maximum Gasteiger partial charge on any atom is 0.409 e. The summed E-state index contributed by atoms with van der Waals surface area (Å²) in [7, 11) is 9.93. The molecule has 4 bridgehead atoms. The third-order valence-corrected chi connectivity index (χ3v) is 29.1. The van der Waals surface area contributed by atoms with Crippen molar-refractivity contribution < 1.29 is 82.7 Å². The maximum absolute atomic E-state index is 15.8. The molecular formula is C85H111Cl2N13O17S2. The first-order valence-electron chi connectivity index (χ1n) is 40.1. The molecule has 2 spiro atoms. The number of methoxy groups -OCH3 is 4. The van der Waals surface area contributed by atoms with Crippen molar-refractivity contribution in [3.63, 3.8) is 0 Å². The average molecular weight is 1720 g/mol. The molecule has 0 saturated heterocycles. The number of aromatic nitrogens is 4. The fourth-order valence-corrected chi connectivity index (χ4v) is 22.5. The highest BCUT2D eigenvalue weighted by molar-refractivity contribution is 7.94. The van der Waals surface area contributed by atoms with Crippen molar-refractivity contribution in [2.24, 2.45) is 58.3 Å². The van der Waals surface area contributed by atoms with Crippen LogP contribution in [0.25, 0.3) is 0 Å². The quantitative estimate of drug-likeness (QED) is 0.114. The van der Waals surface area contributed by atoms with Crippen LogP contribution in [0.1, 0.15) is 132 Å². The normalized spacial score (nSPS) is 28.9. The highest BCUT2D eigenvalue weighted by Gasteiger charge is 2.49. The van der Waals surface area contributed by atoms with Gasteiger partial charge >= 0.3 is 12.2 Å². The van der Waals surface area contributed by atoms with Gasteiger partial charge in [-0.25, -0.2) is 18.0 Å². The van der Waals surface area contributed by atoms with E-state index in [0.717, 1.165) is 69.9 Å². The van der Waals surface area contributed by atoms with Gasteiger partial charge in [0.2, 0.25) is 17.7 Å². The lowest BCUT2D eigenvalue weighted by molar-refractivity contribution is -0.129. The predicted molar refractivity (Wildman–Crippen MR) is 455 cm³/mol. The Labute approximate surface area is 708 Å². The second kappa shape index (κ2) is 35.9. The Kier molecular flexibility index (Phi) is 26.3. The number of rotatable bonds is 11. The zero-order valence-electron chi connectivity index (χ0n) is 69.7. The van der Waals surface area contributed by atoms with Gasteiger partial charge in [-0.3, -0.25) is 42.8 Å². The predicted octanol–water partition coefficient (Wildman–Crippen LogP) is 11.6. The van der Waals surface area contributed by atoms with Gasteiger partial charge in [-0.1, -0.05) is 61.3 Å². The van der Waals surface area contributed by atoms with Crippen LogP contribution >= 0.6 is 23.2 Å². The van der Waals surface area contributed by atoms with Gasteiger partial charge in [0, 0.05) is 156 Å². The lowest BCUT2D eigenvalue weighted by Crippen LogP contribution is -2.52. The topological polar surface area (TPSA) is 328 Å². The molecule has 14 rings (SSSR count). The molecule has 3 unspecified atom stereocenters. The van der Waals surface area contributed by atoms with Crippen LogP contribution in [0.15, 0.2) is 118 Å². The SMILES string of the molecule is COc1nn(C)cc1C(=O)NS1(=O)=NC(=O)c2ccc3c(c2)N(C[C@@H]2CC[C@H]2[C@@H](OC)/C=C/[C@H](OC(=O)N(C)C)[C@H](C)C1)C[C@@]1(CCCc2cc(Cl)ccc21)CO3.COc1nn(C)cc1C(=O)NS1(=O)=NC(=O)c2ccc3c(c2)N(C[C@@H]2CC[C@H]2[C@@H](OC)/C=C/[C@H](OC(=O)N(C)C)[C@H](C)C1C(=O)N(C)C)C[C@@]1(CCCc2cc(Cl)ccc21)CO3.[HH].[HH]. The summed E-state index contributed by atoms with van der Waals surface area (Å²) < 4.78 is 95.2. The molecule has 4 aliphatic heterocycles. The molecule has 0 radical (unpaired) electrons. The fraction of sp³-hybridized carbons (Fsp3) is 0.518. The maximum atomic E-state index is 15.8. The van der Waals surface area contributed by atoms with Crippen molar-refractivity contribution in [3.05, 3.63) is 164 Å². The molecule has 34 heteroatoms. The number of nitrogens with zero attached hydrogens (tertiary/aromatic N) is 11. The number of hydrogen-bond donors (Lipinski definition) is 2. The van der Waals surface area contributed by atoms with E-state index < -0.39 is 102 Å². The summed E-state index contributed by atoms with van der Waals surface area (Å²) in [5.74, 6) is -4.59. The van der Waals surface area contributed by atoms with Crippen LogP contribution in [-0.4, -0.2) is 230 Å². The number of amides is 7. The second-order valence-electron chi connectivity index (χ2n) is 33.2. The van der Waals surface area contributed by atoms with Gasteiger partial charge in [0.05, 0.1) is 56.8 Å². The van der Waals surface area contributed by atoms with E-state index in [2.05, 4.69) is 56.4 Å². The summed E-state index contributed by atoms with van der Waals surface area (Å²) in [6.07, 6.45) is 15.0. The van der Waals surface area contributed by atoms with Crippen molar-refractivity contribution in [1.82, 2.24) is 43.7 Å². The number of ether oxygens (including phenoxy) is 8. The van der Waals surface area contributed by atoms with Gasteiger partial charge in [0.1, 0.15) is 50.0 Å². The minimum atomic E-state index is -4.46. The van der Waals surface area contributed by atoms with Crippen LogP contribution in [0, 0.1) is 35.5 Å². The number of benzene rings is 4. The van der Waals surface area contributed by atoms with Crippen molar-refractivity contribution in [1.29, 1.82) is 0 Å². The monoisotopic (exact) mass is 1720 g/mol. The van der Waals surface area contributed by atoms with Crippen LogP contribution in [0.4, 0.5) is 21.0 Å². The number of anilines is 2. The number of halogens is 2. The lowest BCUT2D eigenvalue weighted by atomic mass is 9.68. The Morgan fingerprint density at radius 3 is 1.45 bits per heavy atom. The molecule has 8 aliphatic rings. The molecule has 119 heavy (non-hydrogen) atoms. The van der Waals surface area contributed by atoms with Gasteiger partial charge in [-0.2, -0.15) is 0 Å². The fourth-order valence-electron chi connectivity index (χ4n) is 18.0. The first-order chi connectivity index (χ1) is 56.7. The summed E-state index contributed by atoms with van der Waals surface area (Å²) in [4.78, 5) is 106. The van der Waals surface area contributed by atoms with E-state index in [4.69, 9.17) is 61.1 Å². The molecule has 6 aromatic rings. The lowest BCUT2D eigenvalue weighted by Gasteiger charge is -2.46. The summed E-state index contributed by atoms with van der Waals surface area (Å²) in [5, 5.41) is 7.96. The van der Waals surface area contributed by atoms with Crippen LogP contribution in [0.3, 0.4) is 0 Å². The second-order valence-corrected chi connectivity index (χ2v) is 38.1. The number of aryl methyl sites for hydroxylation is 4. The Morgan fingerprint density at radius 1 is 0.571 bits per heavy atom. The summed E-state index contributed by atoms with van der Waals surface area (Å²) >= 11 is 13.0. The number of carbonyl (C=O) groups excluding carboxylic acids is 7. The highest BCUT2D eigenvalue weighted by Crippen LogP contribution is 2.50. The molecule has 4 aromatic carbocycles. The largest absolute Gasteiger partial charge is 0.490 e. The van der Waals surface area contributed by atoms with Crippen LogP contribution in [0.2, 0.25) is 10.0 Å². The number of nitrogens with one attached hydrogen (secondary N) is 2. The van der Waals surface area contributed by atoms with E-state index in [-0.39, 0.29) is 77.8 Å². The molecule has 4 aliphatic carbocycles. The Hall–Kier alpha value is -9.73. The molecule has 644 valence electrons. The van der Waals surface area contributed by atoms with Gasteiger partial charge < -0.3 is 62.4 Å². The van der Waals surface area contributed by atoms with E-state index >= 15 is 4.21 Å². The van der Waals surface area contributed by atoms with Crippen LogP contribution in [-0.2, 0) is 81.3 Å². The summed E-state index contributed by atoms with van der Waals surface area (Å²) in [5.41, 5.74) is 5.67. The van der Waals surface area contributed by atoms with E-state index in [1.54, 1.807) is 105 Å². The third kappa shape index (κ3) is 18.5. The van der Waals surface area contributed by atoms with Crippen molar-refractivity contribution in [2.75, 3.05) is 126 Å². The standard InChI is InChI=1S/C44H56ClN7O9S.C41H51ClN6O8S.2H2/c1-26-35(61-43(56)50(4)5)17-18-36(58-7)31-14-11-29(31)22-52-24-44(19-9-10-27-20-30(45)13-15-33(27)44)25-60-37-16-12-28(21-34(37)52)39(53)47-62(57,38(26)42(55)49(2)3)48-40(54)32-23-51(6)46-41(32)59-8;1-25-22-57(52,45-38(50)31-21-47(4)43-39(31)54-6)44-37(49)27-10-14-36-33(19-27)48(23-41(24-55-36)17-7-8-26-18-29(42)11-13-32(26)41)20-28-9-12-30(28)35(53-5)16-15-34(25)56-40(51)46(2)3;;/h12-13,15-18,20-21,23,26,29,31,35-36,38H,9-11,14,19,22,24-25H2,1-8H3,(H,47,48,53,54,57);10-11,13-16,18-19,21,25,28,30,34-35H,7-9,12,17,20,22-24H2,1-6H3,(H,44,45,49,50,52);2*1H/b18-17+;16-15+;;/t26-,29-,31+,35-,36-,38?,44-,62?;25-,28+,30-,34+,35+,41+,57?;;/m01../s1. The first-order valence-corrected chi connectivity index (χ1v) is 44.1. The number of carbonyl (C=O) groups is 7. The average Bonchev–Trinajstić information content (AvgIpc) is 1.67. The van der Waals surface area contributed by atoms with E-state index in [0.29, 0.717) is 66.6 Å². The highest BCUT2D eigenvalue weighted by atomic mass is 35.5. The molecule has 15 atom stereocenters. The Bertz CT molecular complexity index is 5240. The van der Waals surface area contributed by atoms with Gasteiger partial charge in [0.15, 0.2) is 9.92 Å². The van der Waals surface area contributed by atoms with Crippen molar-refractivity contribution >= 4 is 96.1 Å². The zero-order valence-corrected chi connectivity index (χ0v) is 72.8. The van der Waals surface area contributed by atoms with E-state index in [9.17, 15) is 37.8 Å². The molecule has 7 amide bonds. The van der Waals surface area contributed by atoms with Gasteiger partial charge in [0.25, 0.3) is 23.6 Å². The summed E-state index contributed by atoms with van der Waals surface area (Å²) in [6, 6.07) is 22.3. The molecule has 2 fully saturated rings. The van der Waals surface area contributed by atoms with Crippen molar-refractivity contribution in [3.8, 4) is 23.3 Å². The van der Waals surface area contributed by atoms with E-state index in [1.165, 1.54) is 101 Å². The summed E-state index contributed by atoms with van der Waals surface area (Å²) in [6.45, 7) is 6.66. The van der Waals surface area contributed by atoms with Crippen molar-refractivity contribution in [2.45, 2.75) is 119 Å². The van der Waals surface area contributed by atoms with Gasteiger partial charge in [-0.05, 0) is 183 Å². The van der Waals surface area contributed by atoms with Gasteiger partial charge in [-0.15, -0.1) is 18.9 Å². The Morgan fingerprint density at radius 2 is 1.02 bits per heavy atom. The third-order valence-electron chi connectivity index (χ3n) is 24.5. The molecule has 30 nitrogen and oxygen atoms in total. The smallest absolute Gasteiger partial charge is 0.409 e. The van der Waals surface area contributed by atoms with Crippen LogP contribution in [0.5, 0.6) is 23.3 Å². The van der Waals surface area contributed by atoms with E-state index in [1.807, 2.05) is 30.4 Å². The number of hydrogen-bond acceptors (Lipinski definition) is 21. The minimum Gasteiger partial charge on any atom is -0.490 e. The first kappa shape index (κ1) is 87.1. The molecule has 6 heterocycles. The van der Waals surface area contributed by atoms with Crippen LogP contribution < -0.4 is 38.2 Å². The Balaban J connectivity index is 0.000000233. The molecular weight excluding hydrogens is 1610 g/mol.